The number of carbonyl (C=O) groups is 1. The van der Waals surface area contributed by atoms with Crippen molar-refractivity contribution in [1.29, 1.82) is 0 Å². The summed E-state index contributed by atoms with van der Waals surface area (Å²) in [6, 6.07) is 16.8. The average molecular weight is 506 g/mol. The van der Waals surface area contributed by atoms with Gasteiger partial charge in [-0.1, -0.05) is 35.9 Å². The zero-order chi connectivity index (χ0) is 24.6. The third-order valence-electron chi connectivity index (χ3n) is 4.94. The SMILES string of the molecule is C=CCN1C(=O)/C(=C/c2ccc(OCc3ccc(Cl)cc3)c(OCC)c2)SC1=Nc1cccnc1. The molecule has 0 saturated carbocycles. The minimum Gasteiger partial charge on any atom is -0.490 e. The summed E-state index contributed by atoms with van der Waals surface area (Å²) in [6.07, 6.45) is 6.85. The molecule has 0 N–H and O–H groups in total. The van der Waals surface area contributed by atoms with Crippen LogP contribution in [0.1, 0.15) is 18.1 Å². The van der Waals surface area contributed by atoms with Crippen molar-refractivity contribution in [2.75, 3.05) is 13.2 Å². The van der Waals surface area contributed by atoms with Gasteiger partial charge in [-0.05, 0) is 72.3 Å². The van der Waals surface area contributed by atoms with Crippen LogP contribution < -0.4 is 9.47 Å². The van der Waals surface area contributed by atoms with Gasteiger partial charge in [-0.3, -0.25) is 14.7 Å². The Hall–Kier alpha value is -3.55. The van der Waals surface area contributed by atoms with Crippen molar-refractivity contribution in [2.45, 2.75) is 13.5 Å². The van der Waals surface area contributed by atoms with E-state index in [1.54, 1.807) is 29.4 Å². The quantitative estimate of drug-likeness (QED) is 0.245. The van der Waals surface area contributed by atoms with Crippen molar-refractivity contribution in [3.8, 4) is 11.5 Å². The van der Waals surface area contributed by atoms with Gasteiger partial charge in [-0.2, -0.15) is 0 Å². The predicted octanol–water partition coefficient (Wildman–Crippen LogP) is 6.50. The van der Waals surface area contributed by atoms with E-state index in [9.17, 15) is 4.79 Å². The Morgan fingerprint density at radius 3 is 2.69 bits per heavy atom. The van der Waals surface area contributed by atoms with Crippen molar-refractivity contribution in [3.05, 3.63) is 101 Å². The highest BCUT2D eigenvalue weighted by Gasteiger charge is 2.32. The maximum atomic E-state index is 13.1. The Morgan fingerprint density at radius 1 is 1.14 bits per heavy atom. The number of aromatic nitrogens is 1. The fourth-order valence-corrected chi connectivity index (χ4v) is 4.44. The number of carbonyl (C=O) groups excluding carboxylic acids is 1. The Kier molecular flexibility index (Phi) is 8.23. The van der Waals surface area contributed by atoms with Crippen molar-refractivity contribution in [3.63, 3.8) is 0 Å². The second-order valence-electron chi connectivity index (χ2n) is 7.48. The molecule has 1 saturated heterocycles. The van der Waals surface area contributed by atoms with E-state index in [1.807, 2.05) is 61.5 Å². The van der Waals surface area contributed by atoms with E-state index in [1.165, 1.54) is 11.8 Å². The molecule has 0 atom stereocenters. The fourth-order valence-electron chi connectivity index (χ4n) is 3.31. The molecular formula is C27H24ClN3O3S. The van der Waals surface area contributed by atoms with E-state index in [0.29, 0.717) is 52.0 Å². The largest absolute Gasteiger partial charge is 0.490 e. The first-order chi connectivity index (χ1) is 17.1. The van der Waals surface area contributed by atoms with Gasteiger partial charge < -0.3 is 9.47 Å². The molecule has 3 aromatic rings. The summed E-state index contributed by atoms with van der Waals surface area (Å²) in [7, 11) is 0. The topological polar surface area (TPSA) is 64.0 Å². The van der Waals surface area contributed by atoms with Crippen LogP contribution in [-0.4, -0.2) is 34.1 Å². The Morgan fingerprint density at radius 2 is 1.97 bits per heavy atom. The van der Waals surface area contributed by atoms with Gasteiger partial charge in [-0.15, -0.1) is 6.58 Å². The second-order valence-corrected chi connectivity index (χ2v) is 8.92. The summed E-state index contributed by atoms with van der Waals surface area (Å²) in [5.41, 5.74) is 2.50. The van der Waals surface area contributed by atoms with E-state index in [2.05, 4.69) is 16.6 Å². The lowest BCUT2D eigenvalue weighted by Crippen LogP contribution is -2.29. The van der Waals surface area contributed by atoms with Crippen LogP contribution >= 0.6 is 23.4 Å². The number of nitrogens with zero attached hydrogens (tertiary/aromatic N) is 3. The predicted molar refractivity (Wildman–Crippen MR) is 142 cm³/mol. The number of pyridine rings is 1. The Labute approximate surface area is 213 Å². The zero-order valence-corrected chi connectivity index (χ0v) is 20.8. The lowest BCUT2D eigenvalue weighted by Gasteiger charge is -2.13. The highest BCUT2D eigenvalue weighted by atomic mass is 35.5. The van der Waals surface area contributed by atoms with Crippen LogP contribution in [0.4, 0.5) is 5.69 Å². The Balaban J connectivity index is 1.57. The third kappa shape index (κ3) is 6.32. The van der Waals surface area contributed by atoms with Gasteiger partial charge in [0.25, 0.3) is 5.91 Å². The molecule has 35 heavy (non-hydrogen) atoms. The maximum absolute atomic E-state index is 13.1. The Bertz CT molecular complexity index is 1260. The number of ether oxygens (including phenoxy) is 2. The van der Waals surface area contributed by atoms with Crippen LogP contribution in [0.25, 0.3) is 6.08 Å². The van der Waals surface area contributed by atoms with E-state index < -0.39 is 0 Å². The molecule has 1 aromatic heterocycles. The van der Waals surface area contributed by atoms with Gasteiger partial charge in [0.1, 0.15) is 6.61 Å². The first kappa shape index (κ1) is 24.6. The number of amides is 1. The number of benzene rings is 2. The molecule has 0 spiro atoms. The molecule has 1 aliphatic rings. The number of halogens is 1. The van der Waals surface area contributed by atoms with Gasteiger partial charge in [0.15, 0.2) is 16.7 Å². The number of hydrogen-bond acceptors (Lipinski definition) is 6. The standard InChI is InChI=1S/C27H24ClN3O3S/c1-3-14-31-26(32)25(35-27(31)30-22-6-5-13-29-17-22)16-20-9-12-23(24(15-20)33-4-2)34-18-19-7-10-21(28)11-8-19/h3,5-13,15-17H,1,4,14,18H2,2H3/b25-16-,30-27?. The summed E-state index contributed by atoms with van der Waals surface area (Å²) in [6.45, 7) is 6.92. The highest BCUT2D eigenvalue weighted by Crippen LogP contribution is 2.36. The summed E-state index contributed by atoms with van der Waals surface area (Å²) < 4.78 is 11.8. The van der Waals surface area contributed by atoms with Crippen LogP contribution in [0.15, 0.2) is 89.5 Å². The molecule has 2 heterocycles. The van der Waals surface area contributed by atoms with Gasteiger partial charge in [-0.25, -0.2) is 4.99 Å². The molecule has 4 rings (SSSR count). The average Bonchev–Trinajstić information content (AvgIpc) is 3.14. The van der Waals surface area contributed by atoms with E-state index in [4.69, 9.17) is 21.1 Å². The lowest BCUT2D eigenvalue weighted by atomic mass is 10.1. The third-order valence-corrected chi connectivity index (χ3v) is 6.20. The second kappa shape index (κ2) is 11.7. The molecule has 0 radical (unpaired) electrons. The van der Waals surface area contributed by atoms with Gasteiger partial charge in [0.05, 0.1) is 23.4 Å². The molecule has 6 nitrogen and oxygen atoms in total. The molecule has 1 fully saturated rings. The van der Waals surface area contributed by atoms with Crippen LogP contribution in [0.5, 0.6) is 11.5 Å². The van der Waals surface area contributed by atoms with E-state index in [-0.39, 0.29) is 5.91 Å². The van der Waals surface area contributed by atoms with Crippen molar-refractivity contribution in [2.24, 2.45) is 4.99 Å². The van der Waals surface area contributed by atoms with Crippen molar-refractivity contribution >= 4 is 46.2 Å². The van der Waals surface area contributed by atoms with Crippen LogP contribution in [0.2, 0.25) is 5.02 Å². The fraction of sp³-hybridized carbons (Fsp3) is 0.148. The van der Waals surface area contributed by atoms with Crippen LogP contribution in [-0.2, 0) is 11.4 Å². The number of amidine groups is 1. The summed E-state index contributed by atoms with van der Waals surface area (Å²) in [5, 5.41) is 1.27. The smallest absolute Gasteiger partial charge is 0.267 e. The molecule has 1 aliphatic heterocycles. The van der Waals surface area contributed by atoms with Crippen molar-refractivity contribution in [1.82, 2.24) is 9.88 Å². The van der Waals surface area contributed by atoms with Gasteiger partial charge in [0, 0.05) is 17.8 Å². The minimum absolute atomic E-state index is 0.126. The molecular weight excluding hydrogens is 482 g/mol. The van der Waals surface area contributed by atoms with E-state index >= 15 is 0 Å². The molecule has 0 unspecified atom stereocenters. The highest BCUT2D eigenvalue weighted by molar-refractivity contribution is 8.18. The molecule has 0 bridgehead atoms. The van der Waals surface area contributed by atoms with E-state index in [0.717, 1.165) is 11.1 Å². The van der Waals surface area contributed by atoms with Gasteiger partial charge in [0.2, 0.25) is 0 Å². The number of aliphatic imine (C=N–C) groups is 1. The lowest BCUT2D eigenvalue weighted by molar-refractivity contribution is -0.121. The number of thioether (sulfide) groups is 1. The summed E-state index contributed by atoms with van der Waals surface area (Å²) in [4.78, 5) is 23.9. The number of hydrogen-bond donors (Lipinski definition) is 0. The zero-order valence-electron chi connectivity index (χ0n) is 19.2. The normalized spacial score (nSPS) is 15.6. The van der Waals surface area contributed by atoms with Crippen LogP contribution in [0, 0.1) is 0 Å². The molecule has 1 amide bonds. The maximum Gasteiger partial charge on any atom is 0.267 e. The molecule has 8 heteroatoms. The van der Waals surface area contributed by atoms with Crippen LogP contribution in [0.3, 0.4) is 0 Å². The first-order valence-corrected chi connectivity index (χ1v) is 12.2. The molecule has 178 valence electrons. The monoisotopic (exact) mass is 505 g/mol. The molecule has 0 aliphatic carbocycles. The number of rotatable bonds is 9. The first-order valence-electron chi connectivity index (χ1n) is 11.0. The van der Waals surface area contributed by atoms with Crippen molar-refractivity contribution < 1.29 is 14.3 Å². The minimum atomic E-state index is -0.126. The van der Waals surface area contributed by atoms with Gasteiger partial charge >= 0.3 is 0 Å². The molecule has 2 aromatic carbocycles. The summed E-state index contributed by atoms with van der Waals surface area (Å²) >= 11 is 7.28. The summed E-state index contributed by atoms with van der Waals surface area (Å²) in [5.74, 6) is 1.11.